The Morgan fingerprint density at radius 3 is 2.53 bits per heavy atom. The van der Waals surface area contributed by atoms with E-state index < -0.39 is 0 Å². The van der Waals surface area contributed by atoms with Crippen LogP contribution in [0.2, 0.25) is 0 Å². The summed E-state index contributed by atoms with van der Waals surface area (Å²) >= 11 is 1.89. The van der Waals surface area contributed by atoms with E-state index in [9.17, 15) is 0 Å². The highest BCUT2D eigenvalue weighted by Crippen LogP contribution is 2.16. The molecule has 0 bridgehead atoms. The standard InChI is InChI=1S/C12H19NOS/c1-3-15-9-8-14-12-6-4-11(5-7-12)10(2)13/h4-7,10H,3,8-9,13H2,1-2H3/t10-/m0/s1. The van der Waals surface area contributed by atoms with Crippen molar-refractivity contribution in [2.75, 3.05) is 18.1 Å². The van der Waals surface area contributed by atoms with Gasteiger partial charge in [0, 0.05) is 11.8 Å². The molecule has 0 amide bonds. The maximum atomic E-state index is 5.76. The summed E-state index contributed by atoms with van der Waals surface area (Å²) in [5.74, 6) is 3.12. The normalized spacial score (nSPS) is 12.5. The molecule has 84 valence electrons. The smallest absolute Gasteiger partial charge is 0.119 e. The number of thioether (sulfide) groups is 1. The van der Waals surface area contributed by atoms with Crippen molar-refractivity contribution >= 4 is 11.8 Å². The van der Waals surface area contributed by atoms with E-state index in [2.05, 4.69) is 6.92 Å². The molecule has 0 heterocycles. The summed E-state index contributed by atoms with van der Waals surface area (Å²) in [6.45, 7) is 4.91. The van der Waals surface area contributed by atoms with Crippen molar-refractivity contribution in [1.82, 2.24) is 0 Å². The van der Waals surface area contributed by atoms with Crippen molar-refractivity contribution in [3.8, 4) is 5.75 Å². The second kappa shape index (κ2) is 6.75. The Labute approximate surface area is 96.2 Å². The first-order chi connectivity index (χ1) is 7.24. The number of nitrogens with two attached hydrogens (primary N) is 1. The molecule has 1 aromatic carbocycles. The van der Waals surface area contributed by atoms with Crippen LogP contribution in [0.3, 0.4) is 0 Å². The molecule has 0 spiro atoms. The van der Waals surface area contributed by atoms with E-state index in [1.54, 1.807) is 0 Å². The van der Waals surface area contributed by atoms with Gasteiger partial charge < -0.3 is 10.5 Å². The van der Waals surface area contributed by atoms with Crippen molar-refractivity contribution in [3.63, 3.8) is 0 Å². The molecule has 1 atom stereocenters. The van der Waals surface area contributed by atoms with Crippen LogP contribution in [-0.2, 0) is 0 Å². The second-order valence-electron chi connectivity index (χ2n) is 3.40. The van der Waals surface area contributed by atoms with Gasteiger partial charge in [0.05, 0.1) is 6.61 Å². The van der Waals surface area contributed by atoms with E-state index in [4.69, 9.17) is 10.5 Å². The highest BCUT2D eigenvalue weighted by molar-refractivity contribution is 7.99. The first-order valence-corrected chi connectivity index (χ1v) is 6.45. The number of hydrogen-bond acceptors (Lipinski definition) is 3. The summed E-state index contributed by atoms with van der Waals surface area (Å²) in [7, 11) is 0. The van der Waals surface area contributed by atoms with Crippen LogP contribution in [0.25, 0.3) is 0 Å². The molecule has 0 saturated heterocycles. The van der Waals surface area contributed by atoms with Gasteiger partial charge in [-0.1, -0.05) is 19.1 Å². The number of ether oxygens (including phenoxy) is 1. The molecule has 3 heteroatoms. The van der Waals surface area contributed by atoms with Crippen LogP contribution in [-0.4, -0.2) is 18.1 Å². The Balaban J connectivity index is 2.36. The monoisotopic (exact) mass is 225 g/mol. The fourth-order valence-electron chi connectivity index (χ4n) is 1.23. The van der Waals surface area contributed by atoms with Crippen molar-refractivity contribution in [3.05, 3.63) is 29.8 Å². The summed E-state index contributed by atoms with van der Waals surface area (Å²) in [6.07, 6.45) is 0. The third-order valence-electron chi connectivity index (χ3n) is 2.11. The molecule has 0 aliphatic rings. The van der Waals surface area contributed by atoms with Gasteiger partial charge in [0.25, 0.3) is 0 Å². The molecule has 2 N–H and O–H groups in total. The Kier molecular flexibility index (Phi) is 5.58. The minimum atomic E-state index is 0.0923. The summed E-state index contributed by atoms with van der Waals surface area (Å²) < 4.78 is 5.58. The zero-order valence-electron chi connectivity index (χ0n) is 9.40. The molecular formula is C12H19NOS. The van der Waals surface area contributed by atoms with Crippen molar-refractivity contribution in [1.29, 1.82) is 0 Å². The minimum Gasteiger partial charge on any atom is -0.493 e. The van der Waals surface area contributed by atoms with Crippen molar-refractivity contribution < 1.29 is 4.74 Å². The highest BCUT2D eigenvalue weighted by Gasteiger charge is 1.99. The van der Waals surface area contributed by atoms with Gasteiger partial charge in [-0.25, -0.2) is 0 Å². The van der Waals surface area contributed by atoms with Crippen LogP contribution >= 0.6 is 11.8 Å². The summed E-state index contributed by atoms with van der Waals surface area (Å²) in [5, 5.41) is 0. The lowest BCUT2D eigenvalue weighted by atomic mass is 10.1. The average Bonchev–Trinajstić information content (AvgIpc) is 2.25. The van der Waals surface area contributed by atoms with E-state index in [1.165, 1.54) is 0 Å². The maximum absolute atomic E-state index is 5.76. The van der Waals surface area contributed by atoms with Crippen LogP contribution < -0.4 is 10.5 Å². The van der Waals surface area contributed by atoms with Crippen LogP contribution in [0.5, 0.6) is 5.75 Å². The van der Waals surface area contributed by atoms with Gasteiger partial charge in [-0.15, -0.1) is 0 Å². The maximum Gasteiger partial charge on any atom is 0.119 e. The van der Waals surface area contributed by atoms with Gasteiger partial charge in [0.1, 0.15) is 5.75 Å². The molecule has 0 unspecified atom stereocenters. The van der Waals surface area contributed by atoms with Crippen molar-refractivity contribution in [2.45, 2.75) is 19.9 Å². The fraction of sp³-hybridized carbons (Fsp3) is 0.500. The number of rotatable bonds is 6. The molecular weight excluding hydrogens is 206 g/mol. The molecule has 0 radical (unpaired) electrons. The van der Waals surface area contributed by atoms with E-state index in [1.807, 2.05) is 43.0 Å². The van der Waals surface area contributed by atoms with Gasteiger partial charge >= 0.3 is 0 Å². The molecule has 0 fully saturated rings. The molecule has 0 aromatic heterocycles. The third-order valence-corrected chi connectivity index (χ3v) is 2.97. The first-order valence-electron chi connectivity index (χ1n) is 5.30. The average molecular weight is 225 g/mol. The summed E-state index contributed by atoms with van der Waals surface area (Å²) in [6, 6.07) is 8.10. The fourth-order valence-corrected chi connectivity index (χ4v) is 1.72. The minimum absolute atomic E-state index is 0.0923. The Morgan fingerprint density at radius 2 is 2.00 bits per heavy atom. The third kappa shape index (κ3) is 4.58. The zero-order chi connectivity index (χ0) is 11.1. The van der Waals surface area contributed by atoms with Crippen LogP contribution in [0.4, 0.5) is 0 Å². The van der Waals surface area contributed by atoms with Gasteiger partial charge in [0.15, 0.2) is 0 Å². The van der Waals surface area contributed by atoms with Gasteiger partial charge in [-0.05, 0) is 30.4 Å². The largest absolute Gasteiger partial charge is 0.493 e. The van der Waals surface area contributed by atoms with E-state index in [-0.39, 0.29) is 6.04 Å². The number of hydrogen-bond donors (Lipinski definition) is 1. The van der Waals surface area contributed by atoms with Crippen molar-refractivity contribution in [2.24, 2.45) is 5.73 Å². The van der Waals surface area contributed by atoms with E-state index >= 15 is 0 Å². The van der Waals surface area contributed by atoms with E-state index in [0.29, 0.717) is 0 Å². The Morgan fingerprint density at radius 1 is 1.33 bits per heavy atom. The Hall–Kier alpha value is -0.670. The topological polar surface area (TPSA) is 35.2 Å². The molecule has 0 aliphatic carbocycles. The zero-order valence-corrected chi connectivity index (χ0v) is 10.2. The highest BCUT2D eigenvalue weighted by atomic mass is 32.2. The molecule has 15 heavy (non-hydrogen) atoms. The second-order valence-corrected chi connectivity index (χ2v) is 4.80. The SMILES string of the molecule is CCSCCOc1ccc([C@H](C)N)cc1. The lowest BCUT2D eigenvalue weighted by Gasteiger charge is -2.08. The lowest BCUT2D eigenvalue weighted by molar-refractivity contribution is 0.344. The van der Waals surface area contributed by atoms with Crippen LogP contribution in [0.1, 0.15) is 25.5 Å². The predicted octanol–water partition coefficient (Wildman–Crippen LogP) is 2.84. The van der Waals surface area contributed by atoms with E-state index in [0.717, 1.165) is 29.4 Å². The molecule has 1 aromatic rings. The molecule has 0 aliphatic heterocycles. The molecule has 2 nitrogen and oxygen atoms in total. The van der Waals surface area contributed by atoms with Gasteiger partial charge in [-0.2, -0.15) is 11.8 Å². The molecule has 0 saturated carbocycles. The Bertz CT molecular complexity index is 271. The first kappa shape index (κ1) is 12.4. The van der Waals surface area contributed by atoms with Gasteiger partial charge in [-0.3, -0.25) is 0 Å². The van der Waals surface area contributed by atoms with Crippen LogP contribution in [0.15, 0.2) is 24.3 Å². The van der Waals surface area contributed by atoms with Crippen LogP contribution in [0, 0.1) is 0 Å². The van der Waals surface area contributed by atoms with Gasteiger partial charge in [0.2, 0.25) is 0 Å². The molecule has 1 rings (SSSR count). The quantitative estimate of drug-likeness (QED) is 0.756. The summed E-state index contributed by atoms with van der Waals surface area (Å²) in [5.41, 5.74) is 6.90. The summed E-state index contributed by atoms with van der Waals surface area (Å²) in [4.78, 5) is 0. The number of benzene rings is 1. The lowest BCUT2D eigenvalue weighted by Crippen LogP contribution is -2.05. The predicted molar refractivity (Wildman–Crippen MR) is 67.5 cm³/mol.